The van der Waals surface area contributed by atoms with Crippen LogP contribution in [0.3, 0.4) is 0 Å². The molecule has 0 amide bonds. The van der Waals surface area contributed by atoms with Gasteiger partial charge in [0.15, 0.2) is 17.5 Å². The SMILES string of the molecule is Cn1nccc1-n1nc(C2CCOCC2)nc1-c1ccc(=O)n(C)c1. The van der Waals surface area contributed by atoms with Gasteiger partial charge < -0.3 is 9.30 Å². The Morgan fingerprint density at radius 1 is 1.16 bits per heavy atom. The van der Waals surface area contributed by atoms with E-state index in [2.05, 4.69) is 5.10 Å². The van der Waals surface area contributed by atoms with Crippen molar-refractivity contribution in [3.63, 3.8) is 0 Å². The number of rotatable bonds is 3. The molecule has 0 atom stereocenters. The summed E-state index contributed by atoms with van der Waals surface area (Å²) in [5.41, 5.74) is 0.786. The third kappa shape index (κ3) is 2.89. The van der Waals surface area contributed by atoms with E-state index in [1.54, 1.807) is 45.5 Å². The van der Waals surface area contributed by atoms with Gasteiger partial charge in [-0.2, -0.15) is 9.78 Å². The monoisotopic (exact) mass is 340 g/mol. The quantitative estimate of drug-likeness (QED) is 0.717. The normalized spacial score (nSPS) is 15.6. The first kappa shape index (κ1) is 15.8. The fourth-order valence-electron chi connectivity index (χ4n) is 3.10. The van der Waals surface area contributed by atoms with Gasteiger partial charge in [-0.25, -0.2) is 4.98 Å². The average molecular weight is 340 g/mol. The van der Waals surface area contributed by atoms with Crippen molar-refractivity contribution >= 4 is 0 Å². The summed E-state index contributed by atoms with van der Waals surface area (Å²) in [4.78, 5) is 16.5. The summed E-state index contributed by atoms with van der Waals surface area (Å²) in [7, 11) is 3.60. The van der Waals surface area contributed by atoms with E-state index < -0.39 is 0 Å². The first-order valence-electron chi connectivity index (χ1n) is 8.33. The van der Waals surface area contributed by atoms with Gasteiger partial charge in [-0.1, -0.05) is 0 Å². The van der Waals surface area contributed by atoms with Crippen molar-refractivity contribution in [3.8, 4) is 17.2 Å². The second kappa shape index (κ2) is 6.29. The predicted molar refractivity (Wildman–Crippen MR) is 91.6 cm³/mol. The lowest BCUT2D eigenvalue weighted by Crippen LogP contribution is -2.15. The van der Waals surface area contributed by atoms with Crippen molar-refractivity contribution in [1.82, 2.24) is 29.1 Å². The van der Waals surface area contributed by atoms with Gasteiger partial charge in [0.25, 0.3) is 0 Å². The van der Waals surface area contributed by atoms with Crippen LogP contribution in [0.4, 0.5) is 0 Å². The van der Waals surface area contributed by atoms with Gasteiger partial charge in [0.2, 0.25) is 5.56 Å². The molecule has 1 fully saturated rings. The predicted octanol–water partition coefficient (Wildman–Crippen LogP) is 1.26. The summed E-state index contributed by atoms with van der Waals surface area (Å²) >= 11 is 0. The minimum Gasteiger partial charge on any atom is -0.381 e. The maximum absolute atomic E-state index is 11.7. The van der Waals surface area contributed by atoms with Crippen LogP contribution in [0.5, 0.6) is 0 Å². The van der Waals surface area contributed by atoms with E-state index in [9.17, 15) is 4.79 Å². The summed E-state index contributed by atoms with van der Waals surface area (Å²) in [6, 6.07) is 5.23. The van der Waals surface area contributed by atoms with Crippen LogP contribution in [-0.4, -0.2) is 42.3 Å². The van der Waals surface area contributed by atoms with Gasteiger partial charge in [0.05, 0.1) is 6.20 Å². The molecule has 0 saturated carbocycles. The zero-order valence-electron chi connectivity index (χ0n) is 14.3. The van der Waals surface area contributed by atoms with Crippen molar-refractivity contribution < 1.29 is 4.74 Å². The maximum atomic E-state index is 11.7. The second-order valence-electron chi connectivity index (χ2n) is 6.27. The van der Waals surface area contributed by atoms with Crippen LogP contribution in [0.25, 0.3) is 17.2 Å². The van der Waals surface area contributed by atoms with Crippen LogP contribution in [-0.2, 0) is 18.8 Å². The molecular weight excluding hydrogens is 320 g/mol. The molecule has 0 radical (unpaired) electrons. The van der Waals surface area contributed by atoms with Crippen molar-refractivity contribution in [2.24, 2.45) is 14.1 Å². The van der Waals surface area contributed by atoms with Gasteiger partial charge in [-0.3, -0.25) is 9.48 Å². The molecule has 4 rings (SSSR count). The van der Waals surface area contributed by atoms with Crippen molar-refractivity contribution in [3.05, 3.63) is 46.8 Å². The van der Waals surface area contributed by atoms with Crippen LogP contribution in [0, 0.1) is 0 Å². The summed E-state index contributed by atoms with van der Waals surface area (Å²) in [6.07, 6.45) is 5.35. The van der Waals surface area contributed by atoms with Crippen LogP contribution >= 0.6 is 0 Å². The Morgan fingerprint density at radius 2 is 1.96 bits per heavy atom. The maximum Gasteiger partial charge on any atom is 0.250 e. The van der Waals surface area contributed by atoms with Gasteiger partial charge >= 0.3 is 0 Å². The standard InChI is InChI=1S/C17H20N6O2/c1-21-11-13(3-4-15(21)24)17-19-16(12-6-9-25-10-7-12)20-23(17)14-5-8-18-22(14)2/h3-5,8,11-12H,6-7,9-10H2,1-2H3. The van der Waals surface area contributed by atoms with E-state index in [-0.39, 0.29) is 11.5 Å². The molecule has 0 unspecified atom stereocenters. The molecule has 0 bridgehead atoms. The highest BCUT2D eigenvalue weighted by atomic mass is 16.5. The van der Waals surface area contributed by atoms with E-state index >= 15 is 0 Å². The van der Waals surface area contributed by atoms with E-state index in [0.29, 0.717) is 5.82 Å². The lowest BCUT2D eigenvalue weighted by atomic mass is 10.00. The number of ether oxygens (including phenoxy) is 1. The van der Waals surface area contributed by atoms with Gasteiger partial charge in [0.1, 0.15) is 0 Å². The third-order valence-electron chi connectivity index (χ3n) is 4.57. The van der Waals surface area contributed by atoms with E-state index in [1.807, 2.05) is 13.1 Å². The zero-order chi connectivity index (χ0) is 17.4. The largest absolute Gasteiger partial charge is 0.381 e. The highest BCUT2D eigenvalue weighted by Crippen LogP contribution is 2.28. The van der Waals surface area contributed by atoms with E-state index in [4.69, 9.17) is 14.8 Å². The number of hydrogen-bond donors (Lipinski definition) is 0. The Kier molecular flexibility index (Phi) is 3.96. The smallest absolute Gasteiger partial charge is 0.250 e. The lowest BCUT2D eigenvalue weighted by Gasteiger charge is -2.18. The number of pyridine rings is 1. The topological polar surface area (TPSA) is 79.8 Å². The summed E-state index contributed by atoms with van der Waals surface area (Å²) < 4.78 is 10.6. The van der Waals surface area contributed by atoms with Crippen LogP contribution in [0.15, 0.2) is 35.4 Å². The minimum absolute atomic E-state index is 0.0556. The molecule has 1 aliphatic heterocycles. The first-order chi connectivity index (χ1) is 12.1. The Balaban J connectivity index is 1.85. The molecule has 25 heavy (non-hydrogen) atoms. The molecule has 0 spiro atoms. The van der Waals surface area contributed by atoms with Gasteiger partial charge in [0, 0.05) is 57.1 Å². The Bertz CT molecular complexity index is 948. The molecule has 3 aromatic heterocycles. The molecular formula is C17H20N6O2. The molecule has 0 aromatic carbocycles. The highest BCUT2D eigenvalue weighted by Gasteiger charge is 2.24. The molecule has 130 valence electrons. The lowest BCUT2D eigenvalue weighted by molar-refractivity contribution is 0.0836. The minimum atomic E-state index is -0.0556. The van der Waals surface area contributed by atoms with Crippen molar-refractivity contribution in [2.45, 2.75) is 18.8 Å². The molecule has 1 saturated heterocycles. The Morgan fingerprint density at radius 3 is 2.64 bits per heavy atom. The highest BCUT2D eigenvalue weighted by molar-refractivity contribution is 5.56. The summed E-state index contributed by atoms with van der Waals surface area (Å²) in [6.45, 7) is 1.47. The summed E-state index contributed by atoms with van der Waals surface area (Å²) in [5.74, 6) is 2.64. The fourth-order valence-corrected chi connectivity index (χ4v) is 3.10. The van der Waals surface area contributed by atoms with E-state index in [1.165, 1.54) is 0 Å². The van der Waals surface area contributed by atoms with E-state index in [0.717, 1.165) is 43.3 Å². The number of nitrogens with zero attached hydrogens (tertiary/aromatic N) is 6. The zero-order valence-corrected chi connectivity index (χ0v) is 14.3. The molecule has 0 N–H and O–H groups in total. The van der Waals surface area contributed by atoms with Gasteiger partial charge in [-0.15, -0.1) is 5.10 Å². The van der Waals surface area contributed by atoms with Crippen molar-refractivity contribution in [2.75, 3.05) is 13.2 Å². The van der Waals surface area contributed by atoms with Crippen molar-refractivity contribution in [1.29, 1.82) is 0 Å². The molecule has 1 aliphatic rings. The third-order valence-corrected chi connectivity index (χ3v) is 4.57. The Labute approximate surface area is 144 Å². The summed E-state index contributed by atoms with van der Waals surface area (Å²) in [5, 5.41) is 9.00. The molecule has 8 nitrogen and oxygen atoms in total. The van der Waals surface area contributed by atoms with Crippen LogP contribution < -0.4 is 5.56 Å². The fraction of sp³-hybridized carbons (Fsp3) is 0.412. The molecule has 0 aliphatic carbocycles. The Hall–Kier alpha value is -2.74. The van der Waals surface area contributed by atoms with Crippen LogP contribution in [0.1, 0.15) is 24.6 Å². The first-order valence-corrected chi connectivity index (χ1v) is 8.33. The van der Waals surface area contributed by atoms with Gasteiger partial charge in [-0.05, 0) is 18.9 Å². The number of aryl methyl sites for hydroxylation is 2. The molecule has 3 aromatic rings. The number of hydrogen-bond acceptors (Lipinski definition) is 5. The second-order valence-corrected chi connectivity index (χ2v) is 6.27. The average Bonchev–Trinajstić information content (AvgIpc) is 3.24. The van der Waals surface area contributed by atoms with Crippen LogP contribution in [0.2, 0.25) is 0 Å². The molecule has 8 heteroatoms. The number of aromatic nitrogens is 6. The molecule has 4 heterocycles.